The molecule has 0 aliphatic heterocycles. The van der Waals surface area contributed by atoms with Crippen LogP contribution < -0.4 is 10.6 Å². The molecule has 1 aliphatic rings. The topological polar surface area (TPSA) is 58.2 Å². The first-order chi connectivity index (χ1) is 10.8. The molecular weight excluding hydrogens is 345 g/mol. The molecule has 0 saturated heterocycles. The van der Waals surface area contributed by atoms with Crippen molar-refractivity contribution in [2.75, 3.05) is 5.32 Å². The molecule has 8 heteroatoms. The maximum Gasteiger partial charge on any atom is 0.417 e. The van der Waals surface area contributed by atoms with Gasteiger partial charge in [0.25, 0.3) is 0 Å². The summed E-state index contributed by atoms with van der Waals surface area (Å²) in [5.41, 5.74) is -2.81. The number of nitrogens with one attached hydrogen (secondary N) is 2. The lowest BCUT2D eigenvalue weighted by molar-refractivity contribution is -0.138. The molecule has 1 saturated carbocycles. The molecule has 0 radical (unpaired) electrons. The second-order valence-electron chi connectivity index (χ2n) is 6.93. The van der Waals surface area contributed by atoms with E-state index >= 15 is 0 Å². The van der Waals surface area contributed by atoms with E-state index in [4.69, 9.17) is 11.6 Å². The fraction of sp³-hybridized carbons (Fsp3) is 0.500. The van der Waals surface area contributed by atoms with E-state index in [1.807, 2.05) is 0 Å². The minimum atomic E-state index is -4.63. The number of benzene rings is 1. The molecule has 132 valence electrons. The molecule has 0 atom stereocenters. The smallest absolute Gasteiger partial charge is 0.351 e. The number of hydrogen-bond acceptors (Lipinski definition) is 2. The first-order valence-corrected chi connectivity index (χ1v) is 7.74. The van der Waals surface area contributed by atoms with Gasteiger partial charge >= 0.3 is 6.18 Å². The Morgan fingerprint density at radius 3 is 2.17 bits per heavy atom. The number of carbonyl (C=O) groups is 2. The van der Waals surface area contributed by atoms with E-state index in [0.717, 1.165) is 12.1 Å². The fourth-order valence-electron chi connectivity index (χ4n) is 2.21. The van der Waals surface area contributed by atoms with Crippen LogP contribution >= 0.6 is 11.6 Å². The lowest BCUT2D eigenvalue weighted by atomic mass is 10.0. The monoisotopic (exact) mass is 362 g/mol. The molecule has 24 heavy (non-hydrogen) atoms. The number of rotatable bonds is 3. The van der Waals surface area contributed by atoms with Gasteiger partial charge in [-0.3, -0.25) is 9.59 Å². The number of amides is 2. The highest BCUT2D eigenvalue weighted by molar-refractivity contribution is 6.31. The van der Waals surface area contributed by atoms with Crippen LogP contribution in [0.1, 0.15) is 39.2 Å². The third-order valence-electron chi connectivity index (χ3n) is 3.64. The minimum Gasteiger partial charge on any atom is -0.351 e. The predicted molar refractivity (Wildman–Crippen MR) is 84.6 cm³/mol. The first kappa shape index (κ1) is 18.6. The minimum absolute atomic E-state index is 0.0495. The van der Waals surface area contributed by atoms with Crippen molar-refractivity contribution in [3.8, 4) is 0 Å². The Hall–Kier alpha value is -1.76. The summed E-state index contributed by atoms with van der Waals surface area (Å²) in [7, 11) is 0. The van der Waals surface area contributed by atoms with Gasteiger partial charge in [0.2, 0.25) is 11.8 Å². The number of carbonyl (C=O) groups excluding carboxylic acids is 2. The van der Waals surface area contributed by atoms with E-state index in [-0.39, 0.29) is 5.69 Å². The van der Waals surface area contributed by atoms with Crippen LogP contribution in [-0.2, 0) is 15.8 Å². The molecule has 2 amide bonds. The highest BCUT2D eigenvalue weighted by Gasteiger charge is 2.57. The van der Waals surface area contributed by atoms with Crippen molar-refractivity contribution < 1.29 is 22.8 Å². The predicted octanol–water partition coefficient (Wildman–Crippen LogP) is 3.99. The Morgan fingerprint density at radius 2 is 1.71 bits per heavy atom. The van der Waals surface area contributed by atoms with Crippen LogP contribution in [0.15, 0.2) is 18.2 Å². The SMILES string of the molecule is CC(C)(C)NC(=O)C1(C(=O)Nc2ccc(Cl)c(C(F)(F)F)c2)CC1. The third-order valence-corrected chi connectivity index (χ3v) is 3.97. The molecular formula is C16H18ClF3N2O2. The maximum atomic E-state index is 12.9. The van der Waals surface area contributed by atoms with E-state index in [2.05, 4.69) is 10.6 Å². The standard InChI is InChI=1S/C16H18ClF3N2O2/c1-14(2,3)22-13(24)15(6-7-15)12(23)21-9-4-5-11(17)10(8-9)16(18,19)20/h4-5,8H,6-7H2,1-3H3,(H,21,23)(H,22,24). The van der Waals surface area contributed by atoms with E-state index in [1.54, 1.807) is 20.8 Å². The zero-order chi connectivity index (χ0) is 18.3. The molecule has 1 aromatic rings. The number of halogens is 4. The molecule has 0 bridgehead atoms. The molecule has 4 nitrogen and oxygen atoms in total. The second-order valence-corrected chi connectivity index (χ2v) is 7.34. The van der Waals surface area contributed by atoms with Crippen molar-refractivity contribution in [2.24, 2.45) is 5.41 Å². The summed E-state index contributed by atoms with van der Waals surface area (Å²) in [6.07, 6.45) is -3.90. The van der Waals surface area contributed by atoms with Gasteiger partial charge in [-0.2, -0.15) is 13.2 Å². The largest absolute Gasteiger partial charge is 0.417 e. The quantitative estimate of drug-likeness (QED) is 0.799. The average molecular weight is 363 g/mol. The van der Waals surface area contributed by atoms with Crippen molar-refractivity contribution in [1.82, 2.24) is 5.32 Å². The van der Waals surface area contributed by atoms with E-state index in [1.165, 1.54) is 6.07 Å². The molecule has 1 aliphatic carbocycles. The van der Waals surface area contributed by atoms with Crippen LogP contribution in [0.25, 0.3) is 0 Å². The van der Waals surface area contributed by atoms with Crippen LogP contribution in [0.3, 0.4) is 0 Å². The van der Waals surface area contributed by atoms with Crippen LogP contribution in [0.2, 0.25) is 5.02 Å². The molecule has 2 rings (SSSR count). The molecule has 0 unspecified atom stereocenters. The van der Waals surface area contributed by atoms with Crippen LogP contribution in [0, 0.1) is 5.41 Å². The van der Waals surface area contributed by atoms with Crippen LogP contribution in [0.5, 0.6) is 0 Å². The maximum absolute atomic E-state index is 12.9. The second kappa shape index (κ2) is 5.95. The first-order valence-electron chi connectivity index (χ1n) is 7.36. The molecule has 0 heterocycles. The van der Waals surface area contributed by atoms with Gasteiger partial charge in [0.05, 0.1) is 10.6 Å². The highest BCUT2D eigenvalue weighted by Crippen LogP contribution is 2.47. The van der Waals surface area contributed by atoms with E-state index in [9.17, 15) is 22.8 Å². The Balaban J connectivity index is 2.17. The van der Waals surface area contributed by atoms with Crippen molar-refractivity contribution in [1.29, 1.82) is 0 Å². The number of anilines is 1. The van der Waals surface area contributed by atoms with Gasteiger partial charge in [0.15, 0.2) is 0 Å². The fourth-order valence-corrected chi connectivity index (χ4v) is 2.44. The van der Waals surface area contributed by atoms with Crippen molar-refractivity contribution >= 4 is 29.1 Å². The number of alkyl halides is 3. The Labute approximate surface area is 142 Å². The lowest BCUT2D eigenvalue weighted by Gasteiger charge is -2.24. The normalized spacial score (nSPS) is 16.5. The van der Waals surface area contributed by atoms with Gasteiger partial charge < -0.3 is 10.6 Å². The summed E-state index contributed by atoms with van der Waals surface area (Å²) in [5, 5.41) is 4.67. The molecule has 1 aromatic carbocycles. The highest BCUT2D eigenvalue weighted by atomic mass is 35.5. The van der Waals surface area contributed by atoms with Gasteiger partial charge in [-0.1, -0.05) is 11.6 Å². The average Bonchev–Trinajstić information content (AvgIpc) is 3.19. The molecule has 2 N–H and O–H groups in total. The Bertz CT molecular complexity index is 677. The summed E-state index contributed by atoms with van der Waals surface area (Å²) in [6.45, 7) is 5.36. The van der Waals surface area contributed by atoms with Crippen LogP contribution in [-0.4, -0.2) is 17.4 Å². The summed E-state index contributed by atoms with van der Waals surface area (Å²) in [5.74, 6) is -1.03. The Kier molecular flexibility index (Phi) is 4.61. The van der Waals surface area contributed by atoms with Crippen LogP contribution in [0.4, 0.5) is 18.9 Å². The van der Waals surface area contributed by atoms with E-state index < -0.39 is 39.5 Å². The zero-order valence-electron chi connectivity index (χ0n) is 13.5. The lowest BCUT2D eigenvalue weighted by Crippen LogP contribution is -2.48. The van der Waals surface area contributed by atoms with Gasteiger partial charge in [-0.25, -0.2) is 0 Å². The Morgan fingerprint density at radius 1 is 1.12 bits per heavy atom. The summed E-state index contributed by atoms with van der Waals surface area (Å²) < 4.78 is 38.6. The number of hydrogen-bond donors (Lipinski definition) is 2. The molecule has 0 aromatic heterocycles. The van der Waals surface area contributed by atoms with Gasteiger partial charge in [0, 0.05) is 11.2 Å². The molecule has 1 fully saturated rings. The van der Waals surface area contributed by atoms with Crippen molar-refractivity contribution in [3.63, 3.8) is 0 Å². The summed E-state index contributed by atoms with van der Waals surface area (Å²) in [6, 6.07) is 3.10. The summed E-state index contributed by atoms with van der Waals surface area (Å²) >= 11 is 5.55. The van der Waals surface area contributed by atoms with Gasteiger partial charge in [-0.05, 0) is 51.8 Å². The van der Waals surface area contributed by atoms with E-state index in [0.29, 0.717) is 12.8 Å². The zero-order valence-corrected chi connectivity index (χ0v) is 14.2. The third kappa shape index (κ3) is 4.01. The van der Waals surface area contributed by atoms with Gasteiger partial charge in [0.1, 0.15) is 5.41 Å². The van der Waals surface area contributed by atoms with Crippen molar-refractivity contribution in [2.45, 2.75) is 45.3 Å². The molecule has 0 spiro atoms. The van der Waals surface area contributed by atoms with Gasteiger partial charge in [-0.15, -0.1) is 0 Å². The van der Waals surface area contributed by atoms with Crippen molar-refractivity contribution in [3.05, 3.63) is 28.8 Å². The summed E-state index contributed by atoms with van der Waals surface area (Å²) in [4.78, 5) is 24.7.